The van der Waals surface area contributed by atoms with E-state index in [1.807, 2.05) is 62.2 Å². The molecular weight excluding hydrogens is 338 g/mol. The molecule has 0 saturated heterocycles. The molecule has 1 amide bonds. The molecule has 2 aromatic heterocycles. The number of carbonyl (C=O) groups excluding carboxylic acids is 1. The van der Waals surface area contributed by atoms with E-state index in [1.165, 1.54) is 5.56 Å². The lowest BCUT2D eigenvalue weighted by Crippen LogP contribution is -2.24. The number of hydrogen-bond donors (Lipinski definition) is 1. The molecule has 138 valence electrons. The molecular formula is C21H23N5O. The first-order valence-electron chi connectivity index (χ1n) is 8.85. The number of benzene rings is 1. The first-order valence-corrected chi connectivity index (χ1v) is 8.85. The average molecular weight is 361 g/mol. The zero-order chi connectivity index (χ0) is 19.2. The molecule has 27 heavy (non-hydrogen) atoms. The smallest absolute Gasteiger partial charge is 0.274 e. The molecule has 6 nitrogen and oxygen atoms in total. The standard InChI is InChI=1S/C21H23N5O/c1-15-4-6-18(7-5-15)24-20(27)19-14-16(2)23-21(25-19)26(3)13-10-17-8-11-22-12-9-17/h4-9,11-12,14H,10,13H2,1-3H3,(H,24,27). The minimum absolute atomic E-state index is 0.242. The number of amides is 1. The third-order valence-corrected chi connectivity index (χ3v) is 4.21. The zero-order valence-corrected chi connectivity index (χ0v) is 15.8. The summed E-state index contributed by atoms with van der Waals surface area (Å²) in [6, 6.07) is 13.4. The lowest BCUT2D eigenvalue weighted by atomic mass is 10.2. The number of anilines is 2. The van der Waals surface area contributed by atoms with Crippen LogP contribution in [0.2, 0.25) is 0 Å². The van der Waals surface area contributed by atoms with Crippen molar-refractivity contribution in [2.45, 2.75) is 20.3 Å². The third kappa shape index (κ3) is 5.10. The molecule has 0 fully saturated rings. The van der Waals surface area contributed by atoms with E-state index >= 15 is 0 Å². The van der Waals surface area contributed by atoms with Crippen molar-refractivity contribution in [1.82, 2.24) is 15.0 Å². The molecule has 0 saturated carbocycles. The number of nitrogens with one attached hydrogen (secondary N) is 1. The fourth-order valence-corrected chi connectivity index (χ4v) is 2.62. The highest BCUT2D eigenvalue weighted by molar-refractivity contribution is 6.03. The normalized spacial score (nSPS) is 10.5. The number of likely N-dealkylation sites (N-methyl/N-ethyl adjacent to an activating group) is 1. The van der Waals surface area contributed by atoms with Gasteiger partial charge in [-0.3, -0.25) is 9.78 Å². The molecule has 0 atom stereocenters. The Balaban J connectivity index is 1.71. The van der Waals surface area contributed by atoms with Crippen LogP contribution < -0.4 is 10.2 Å². The van der Waals surface area contributed by atoms with Gasteiger partial charge in [-0.05, 0) is 56.2 Å². The predicted octanol–water partition coefficient (Wildman–Crippen LogP) is 3.42. The van der Waals surface area contributed by atoms with Crippen LogP contribution in [0.4, 0.5) is 11.6 Å². The molecule has 0 radical (unpaired) electrons. The molecule has 0 unspecified atom stereocenters. The maximum Gasteiger partial charge on any atom is 0.274 e. The summed E-state index contributed by atoms with van der Waals surface area (Å²) in [5, 5.41) is 2.88. The van der Waals surface area contributed by atoms with E-state index in [9.17, 15) is 4.79 Å². The maximum absolute atomic E-state index is 12.6. The Bertz CT molecular complexity index is 910. The van der Waals surface area contributed by atoms with Crippen molar-refractivity contribution in [3.05, 3.63) is 77.4 Å². The average Bonchev–Trinajstić information content (AvgIpc) is 2.68. The third-order valence-electron chi connectivity index (χ3n) is 4.21. The molecule has 1 aromatic carbocycles. The summed E-state index contributed by atoms with van der Waals surface area (Å²) >= 11 is 0. The van der Waals surface area contributed by atoms with Gasteiger partial charge in [0.15, 0.2) is 0 Å². The van der Waals surface area contributed by atoms with Crippen LogP contribution in [-0.2, 0) is 6.42 Å². The quantitative estimate of drug-likeness (QED) is 0.728. The van der Waals surface area contributed by atoms with Crippen LogP contribution in [0.15, 0.2) is 54.9 Å². The first kappa shape index (κ1) is 18.5. The van der Waals surface area contributed by atoms with Crippen LogP contribution in [0.1, 0.15) is 27.3 Å². The summed E-state index contributed by atoms with van der Waals surface area (Å²) < 4.78 is 0. The van der Waals surface area contributed by atoms with Crippen LogP contribution in [0.3, 0.4) is 0 Å². The number of rotatable bonds is 6. The Hall–Kier alpha value is -3.28. The van der Waals surface area contributed by atoms with Crippen LogP contribution in [0.5, 0.6) is 0 Å². The Morgan fingerprint density at radius 2 is 1.74 bits per heavy atom. The van der Waals surface area contributed by atoms with Gasteiger partial charge in [0.25, 0.3) is 5.91 Å². The van der Waals surface area contributed by atoms with Crippen LogP contribution in [-0.4, -0.2) is 34.5 Å². The molecule has 0 spiro atoms. The highest BCUT2D eigenvalue weighted by Crippen LogP contribution is 2.13. The highest BCUT2D eigenvalue weighted by Gasteiger charge is 2.13. The van der Waals surface area contributed by atoms with Gasteiger partial charge in [-0.1, -0.05) is 17.7 Å². The fourth-order valence-electron chi connectivity index (χ4n) is 2.62. The van der Waals surface area contributed by atoms with E-state index in [4.69, 9.17) is 0 Å². The molecule has 3 aromatic rings. The second-order valence-electron chi connectivity index (χ2n) is 6.54. The van der Waals surface area contributed by atoms with E-state index in [2.05, 4.69) is 20.3 Å². The summed E-state index contributed by atoms with van der Waals surface area (Å²) in [6.07, 6.45) is 4.42. The minimum Gasteiger partial charge on any atom is -0.344 e. The minimum atomic E-state index is -0.242. The van der Waals surface area contributed by atoms with E-state index in [-0.39, 0.29) is 5.91 Å². The van der Waals surface area contributed by atoms with Gasteiger partial charge in [0.2, 0.25) is 5.95 Å². The van der Waals surface area contributed by atoms with Crippen molar-refractivity contribution in [2.24, 2.45) is 0 Å². The van der Waals surface area contributed by atoms with Gasteiger partial charge >= 0.3 is 0 Å². The van der Waals surface area contributed by atoms with Crippen LogP contribution in [0.25, 0.3) is 0 Å². The fraction of sp³-hybridized carbons (Fsp3) is 0.238. The van der Waals surface area contributed by atoms with Crippen molar-refractivity contribution in [3.8, 4) is 0 Å². The van der Waals surface area contributed by atoms with Crippen molar-refractivity contribution < 1.29 is 4.79 Å². The van der Waals surface area contributed by atoms with Crippen molar-refractivity contribution >= 4 is 17.5 Å². The summed E-state index contributed by atoms with van der Waals surface area (Å²) in [4.78, 5) is 27.5. The van der Waals surface area contributed by atoms with E-state index < -0.39 is 0 Å². The second kappa shape index (κ2) is 8.40. The van der Waals surface area contributed by atoms with Gasteiger partial charge in [-0.2, -0.15) is 0 Å². The number of hydrogen-bond acceptors (Lipinski definition) is 5. The number of nitrogens with zero attached hydrogens (tertiary/aromatic N) is 4. The zero-order valence-electron chi connectivity index (χ0n) is 15.8. The Morgan fingerprint density at radius 3 is 2.44 bits per heavy atom. The molecule has 0 bridgehead atoms. The van der Waals surface area contributed by atoms with Gasteiger partial charge in [0.05, 0.1) is 0 Å². The van der Waals surface area contributed by atoms with Gasteiger partial charge in [0, 0.05) is 37.4 Å². The lowest BCUT2D eigenvalue weighted by Gasteiger charge is -2.18. The number of aryl methyl sites for hydroxylation is 2. The molecule has 0 aliphatic carbocycles. The van der Waals surface area contributed by atoms with Gasteiger partial charge in [0.1, 0.15) is 5.69 Å². The number of carbonyl (C=O) groups is 1. The second-order valence-corrected chi connectivity index (χ2v) is 6.54. The first-order chi connectivity index (χ1) is 13.0. The molecule has 0 aliphatic heterocycles. The summed E-state index contributed by atoms with van der Waals surface area (Å²) in [6.45, 7) is 4.62. The monoisotopic (exact) mass is 361 g/mol. The maximum atomic E-state index is 12.6. The van der Waals surface area contributed by atoms with Crippen molar-refractivity contribution in [3.63, 3.8) is 0 Å². The number of pyridine rings is 1. The molecule has 3 rings (SSSR count). The van der Waals surface area contributed by atoms with Crippen LogP contribution in [0, 0.1) is 13.8 Å². The molecule has 1 N–H and O–H groups in total. The van der Waals surface area contributed by atoms with Crippen LogP contribution >= 0.6 is 0 Å². The van der Waals surface area contributed by atoms with Crippen molar-refractivity contribution in [1.29, 1.82) is 0 Å². The highest BCUT2D eigenvalue weighted by atomic mass is 16.1. The van der Waals surface area contributed by atoms with Gasteiger partial charge in [-0.25, -0.2) is 9.97 Å². The summed E-state index contributed by atoms with van der Waals surface area (Å²) in [5.74, 6) is 0.297. The van der Waals surface area contributed by atoms with E-state index in [1.54, 1.807) is 18.5 Å². The van der Waals surface area contributed by atoms with Crippen molar-refractivity contribution in [2.75, 3.05) is 23.8 Å². The van der Waals surface area contributed by atoms with Gasteiger partial charge < -0.3 is 10.2 Å². The molecule has 2 heterocycles. The Kier molecular flexibility index (Phi) is 5.76. The SMILES string of the molecule is Cc1ccc(NC(=O)c2cc(C)nc(N(C)CCc3ccncc3)n2)cc1. The Labute approximate surface area is 159 Å². The number of aromatic nitrogens is 3. The summed E-state index contributed by atoms with van der Waals surface area (Å²) in [5.41, 5.74) is 4.19. The lowest BCUT2D eigenvalue weighted by molar-refractivity contribution is 0.102. The van der Waals surface area contributed by atoms with E-state index in [0.29, 0.717) is 11.6 Å². The Morgan fingerprint density at radius 1 is 1.04 bits per heavy atom. The molecule has 6 heteroatoms. The van der Waals surface area contributed by atoms with E-state index in [0.717, 1.165) is 29.9 Å². The largest absolute Gasteiger partial charge is 0.344 e. The topological polar surface area (TPSA) is 71.0 Å². The summed E-state index contributed by atoms with van der Waals surface area (Å²) in [7, 11) is 1.93. The predicted molar refractivity (Wildman–Crippen MR) is 107 cm³/mol. The molecule has 0 aliphatic rings. The van der Waals surface area contributed by atoms with Gasteiger partial charge in [-0.15, -0.1) is 0 Å².